The lowest BCUT2D eigenvalue weighted by Gasteiger charge is -2.18. The smallest absolute Gasteiger partial charge is 0.256 e. The Balaban J connectivity index is 2.92. The van der Waals surface area contributed by atoms with Crippen molar-refractivity contribution in [1.29, 1.82) is 0 Å². The average Bonchev–Trinajstić information content (AvgIpc) is 2.34. The minimum atomic E-state index is -6.23. The molecule has 0 saturated heterocycles. The van der Waals surface area contributed by atoms with Gasteiger partial charge in [-0.05, 0) is 12.1 Å². The van der Waals surface area contributed by atoms with Crippen LogP contribution in [0.1, 0.15) is 11.1 Å². The van der Waals surface area contributed by atoms with Crippen molar-refractivity contribution in [3.63, 3.8) is 0 Å². The first-order valence-electron chi connectivity index (χ1n) is 5.18. The van der Waals surface area contributed by atoms with E-state index in [-0.39, 0.29) is 12.1 Å². The molecule has 0 unspecified atom stereocenters. The zero-order chi connectivity index (χ0) is 17.4. The molecule has 0 fully saturated rings. The Kier molecular flexibility index (Phi) is 4.78. The fourth-order valence-electron chi connectivity index (χ4n) is 1.20. The highest BCUT2D eigenvalue weighted by molar-refractivity contribution is 7.87. The Bertz CT molecular complexity index is 615. The number of halogens is 8. The summed E-state index contributed by atoms with van der Waals surface area (Å²) in [6.45, 7) is -2.19. The topological polar surface area (TPSA) is 43.4 Å². The lowest BCUT2D eigenvalue weighted by Crippen LogP contribution is -2.31. The molecule has 126 valence electrons. The first-order chi connectivity index (χ1) is 9.67. The molecule has 0 radical (unpaired) electrons. The second-order valence-corrected chi connectivity index (χ2v) is 5.55. The van der Waals surface area contributed by atoms with E-state index in [2.05, 4.69) is 4.18 Å². The predicted molar refractivity (Wildman–Crippen MR) is 56.3 cm³/mol. The molecule has 0 amide bonds. The van der Waals surface area contributed by atoms with Crippen LogP contribution < -0.4 is 0 Å². The number of alkyl halides is 8. The van der Waals surface area contributed by atoms with Crippen molar-refractivity contribution in [2.45, 2.75) is 17.6 Å². The highest BCUT2D eigenvalue weighted by atomic mass is 32.2. The Labute approximate surface area is 118 Å². The molecule has 0 bridgehead atoms. The molecule has 0 saturated carbocycles. The highest BCUT2D eigenvalue weighted by Gasteiger charge is 2.49. The van der Waals surface area contributed by atoms with Crippen molar-refractivity contribution in [3.8, 4) is 0 Å². The molecule has 1 aromatic rings. The third-order valence-electron chi connectivity index (χ3n) is 2.31. The largest absolute Gasteiger partial charge is 0.523 e. The third-order valence-corrected chi connectivity index (χ3v) is 3.31. The van der Waals surface area contributed by atoms with E-state index < -0.39 is 45.5 Å². The third kappa shape index (κ3) is 4.29. The fraction of sp³-hybridized carbons (Fsp3) is 0.400. The van der Waals surface area contributed by atoms with E-state index in [9.17, 15) is 43.5 Å². The van der Waals surface area contributed by atoms with E-state index in [0.717, 1.165) is 0 Å². The standard InChI is InChI=1S/C10H6F8O3S/c11-8(12,5-21-22(19,20)10(16,17)18)6-1-3-7(4-2-6)9(13,14)15/h1-4H,5H2. The van der Waals surface area contributed by atoms with Crippen molar-refractivity contribution in [2.24, 2.45) is 0 Å². The van der Waals surface area contributed by atoms with Crippen LogP contribution in [0.3, 0.4) is 0 Å². The van der Waals surface area contributed by atoms with Gasteiger partial charge in [0.05, 0.1) is 5.56 Å². The quantitative estimate of drug-likeness (QED) is 0.469. The number of rotatable bonds is 4. The van der Waals surface area contributed by atoms with E-state index >= 15 is 0 Å². The Morgan fingerprint density at radius 3 is 1.59 bits per heavy atom. The summed E-state index contributed by atoms with van der Waals surface area (Å²) in [5.74, 6) is -4.23. The van der Waals surface area contributed by atoms with E-state index in [1.54, 1.807) is 0 Å². The molecule has 1 rings (SSSR count). The summed E-state index contributed by atoms with van der Waals surface area (Å²) >= 11 is 0. The second-order valence-electron chi connectivity index (χ2n) is 3.94. The lowest BCUT2D eigenvalue weighted by atomic mass is 10.1. The molecule has 0 heterocycles. The molecule has 0 aliphatic heterocycles. The summed E-state index contributed by atoms with van der Waals surface area (Å²) in [5.41, 5.74) is -8.27. The first-order valence-corrected chi connectivity index (χ1v) is 6.59. The van der Waals surface area contributed by atoms with E-state index in [4.69, 9.17) is 0 Å². The zero-order valence-corrected chi connectivity index (χ0v) is 11.0. The van der Waals surface area contributed by atoms with Gasteiger partial charge in [0.2, 0.25) is 0 Å². The average molecular weight is 358 g/mol. The van der Waals surface area contributed by atoms with Gasteiger partial charge >= 0.3 is 21.8 Å². The van der Waals surface area contributed by atoms with Crippen molar-refractivity contribution < 1.29 is 47.7 Å². The Hall–Kier alpha value is -1.43. The van der Waals surface area contributed by atoms with Gasteiger partial charge in [-0.3, -0.25) is 4.18 Å². The normalized spacial score (nSPS) is 14.2. The van der Waals surface area contributed by atoms with Crippen LogP contribution in [0.5, 0.6) is 0 Å². The van der Waals surface area contributed by atoms with Gasteiger partial charge in [-0.2, -0.15) is 43.5 Å². The molecule has 0 aromatic heterocycles. The van der Waals surface area contributed by atoms with Gasteiger partial charge < -0.3 is 0 Å². The molecule has 0 aliphatic rings. The molecule has 3 nitrogen and oxygen atoms in total. The molecule has 12 heteroatoms. The molecular weight excluding hydrogens is 352 g/mol. The van der Waals surface area contributed by atoms with Crippen molar-refractivity contribution in [1.82, 2.24) is 0 Å². The second kappa shape index (κ2) is 5.65. The fourth-order valence-corrected chi connectivity index (χ4v) is 1.64. The van der Waals surface area contributed by atoms with Crippen LogP contribution in [0, 0.1) is 0 Å². The van der Waals surface area contributed by atoms with Crippen molar-refractivity contribution in [2.75, 3.05) is 6.61 Å². The van der Waals surface area contributed by atoms with Crippen LogP contribution in [-0.4, -0.2) is 20.5 Å². The van der Waals surface area contributed by atoms with E-state index in [1.165, 1.54) is 0 Å². The van der Waals surface area contributed by atoms with Gasteiger partial charge in [0.1, 0.15) is 6.61 Å². The summed E-state index contributed by atoms with van der Waals surface area (Å²) in [7, 11) is -6.23. The zero-order valence-electron chi connectivity index (χ0n) is 10.2. The summed E-state index contributed by atoms with van der Waals surface area (Å²) in [4.78, 5) is 0. The highest BCUT2D eigenvalue weighted by Crippen LogP contribution is 2.34. The van der Waals surface area contributed by atoms with Crippen molar-refractivity contribution in [3.05, 3.63) is 35.4 Å². The lowest BCUT2D eigenvalue weighted by molar-refractivity contribution is -0.137. The predicted octanol–water partition coefficient (Wildman–Crippen LogP) is 3.66. The van der Waals surface area contributed by atoms with Gasteiger partial charge in [0, 0.05) is 5.56 Å². The molecule has 0 aliphatic carbocycles. The van der Waals surface area contributed by atoms with Crippen LogP contribution in [0.2, 0.25) is 0 Å². The molecule has 22 heavy (non-hydrogen) atoms. The summed E-state index contributed by atoms with van der Waals surface area (Å²) in [6, 6.07) is 1.18. The molecule has 1 aromatic carbocycles. The van der Waals surface area contributed by atoms with Gasteiger partial charge in [0.25, 0.3) is 5.92 Å². The van der Waals surface area contributed by atoms with Gasteiger partial charge in [0.15, 0.2) is 0 Å². The van der Waals surface area contributed by atoms with Crippen LogP contribution in [0.15, 0.2) is 24.3 Å². The monoisotopic (exact) mass is 358 g/mol. The van der Waals surface area contributed by atoms with Gasteiger partial charge in [-0.25, -0.2) is 0 Å². The number of benzene rings is 1. The van der Waals surface area contributed by atoms with Crippen LogP contribution in [0.25, 0.3) is 0 Å². The maximum absolute atomic E-state index is 13.5. The summed E-state index contributed by atoms with van der Waals surface area (Å²) in [6.07, 6.45) is -4.79. The SMILES string of the molecule is O=S(=O)(OCC(F)(F)c1ccc(C(F)(F)F)cc1)C(F)(F)F. The van der Waals surface area contributed by atoms with Crippen LogP contribution >= 0.6 is 0 Å². The van der Waals surface area contributed by atoms with E-state index in [0.29, 0.717) is 12.1 Å². The minimum absolute atomic E-state index is 0.279. The molecule has 0 N–H and O–H groups in total. The van der Waals surface area contributed by atoms with E-state index in [1.807, 2.05) is 0 Å². The summed E-state index contributed by atoms with van der Waals surface area (Å²) in [5, 5.41) is 0. The Morgan fingerprint density at radius 2 is 1.23 bits per heavy atom. The van der Waals surface area contributed by atoms with Gasteiger partial charge in [-0.15, -0.1) is 0 Å². The van der Waals surface area contributed by atoms with Gasteiger partial charge in [-0.1, -0.05) is 12.1 Å². The Morgan fingerprint density at radius 1 is 0.818 bits per heavy atom. The summed E-state index contributed by atoms with van der Waals surface area (Å²) < 4.78 is 124. The first kappa shape index (κ1) is 18.6. The maximum Gasteiger partial charge on any atom is 0.523 e. The van der Waals surface area contributed by atoms with Crippen LogP contribution in [0.4, 0.5) is 35.1 Å². The number of hydrogen-bond acceptors (Lipinski definition) is 3. The molecular formula is C10H6F8O3S. The van der Waals surface area contributed by atoms with Crippen molar-refractivity contribution >= 4 is 10.1 Å². The molecule has 0 atom stereocenters. The molecule has 0 spiro atoms. The van der Waals surface area contributed by atoms with Crippen LogP contribution in [-0.2, 0) is 26.4 Å². The minimum Gasteiger partial charge on any atom is -0.256 e. The maximum atomic E-state index is 13.5. The number of hydrogen-bond donors (Lipinski definition) is 0.